The van der Waals surface area contributed by atoms with E-state index in [0.29, 0.717) is 11.5 Å². The number of carbonyl (C=O) groups excluding carboxylic acids is 1. The van der Waals surface area contributed by atoms with E-state index < -0.39 is 22.5 Å². The largest absolute Gasteiger partial charge is 0.495 e. The Hall–Kier alpha value is -2.10. The van der Waals surface area contributed by atoms with Gasteiger partial charge in [0, 0.05) is 6.07 Å². The van der Waals surface area contributed by atoms with Gasteiger partial charge in [-0.05, 0) is 25.1 Å². The second-order valence-corrected chi connectivity index (χ2v) is 6.67. The van der Waals surface area contributed by atoms with E-state index in [1.807, 2.05) is 0 Å². The fourth-order valence-corrected chi connectivity index (χ4v) is 3.00. The van der Waals surface area contributed by atoms with Crippen LogP contribution in [0.25, 0.3) is 0 Å². The lowest BCUT2D eigenvalue weighted by atomic mass is 10.3. The van der Waals surface area contributed by atoms with Gasteiger partial charge in [0.25, 0.3) is 0 Å². The number of nitrogens with zero attached hydrogens (tertiary/aromatic N) is 1. The van der Waals surface area contributed by atoms with Crippen molar-refractivity contribution in [2.75, 3.05) is 19.0 Å². The maximum Gasteiger partial charge on any atom is 0.241 e. The fraction of sp³-hybridized carbons (Fsp3) is 0.231. The molecule has 0 saturated carbocycles. The van der Waals surface area contributed by atoms with Crippen LogP contribution in [-0.4, -0.2) is 33.1 Å². The molecule has 1 amide bonds. The van der Waals surface area contributed by atoms with Gasteiger partial charge in [0.2, 0.25) is 15.9 Å². The van der Waals surface area contributed by atoms with Crippen molar-refractivity contribution in [3.05, 3.63) is 35.0 Å². The number of halogens is 1. The third kappa shape index (κ3) is 4.44. The average molecular weight is 360 g/mol. The van der Waals surface area contributed by atoms with Crippen molar-refractivity contribution in [3.63, 3.8) is 0 Å². The number of sulfonamides is 1. The van der Waals surface area contributed by atoms with Gasteiger partial charge in [-0.3, -0.25) is 4.79 Å². The second-order valence-electron chi connectivity index (χ2n) is 4.49. The van der Waals surface area contributed by atoms with Crippen molar-refractivity contribution in [2.24, 2.45) is 0 Å². The molecule has 0 aliphatic rings. The first-order valence-electron chi connectivity index (χ1n) is 6.38. The monoisotopic (exact) mass is 359 g/mol. The molecular weight excluding hydrogens is 346 g/mol. The van der Waals surface area contributed by atoms with E-state index in [2.05, 4.69) is 15.2 Å². The minimum absolute atomic E-state index is 0.0756. The zero-order chi connectivity index (χ0) is 17.0. The van der Waals surface area contributed by atoms with Gasteiger partial charge in [-0.25, -0.2) is 13.1 Å². The van der Waals surface area contributed by atoms with E-state index >= 15 is 0 Å². The molecule has 0 saturated heterocycles. The maximum atomic E-state index is 12.1. The highest BCUT2D eigenvalue weighted by molar-refractivity contribution is 7.89. The quantitative estimate of drug-likeness (QED) is 0.809. The lowest BCUT2D eigenvalue weighted by molar-refractivity contribution is -0.115. The number of nitrogens with one attached hydrogen (secondary N) is 2. The topological polar surface area (TPSA) is 111 Å². The zero-order valence-corrected chi connectivity index (χ0v) is 13.9. The molecule has 2 N–H and O–H groups in total. The van der Waals surface area contributed by atoms with Gasteiger partial charge < -0.3 is 14.6 Å². The Kier molecular flexibility index (Phi) is 5.24. The van der Waals surface area contributed by atoms with Crippen LogP contribution in [0.2, 0.25) is 5.02 Å². The number of rotatable bonds is 6. The van der Waals surface area contributed by atoms with Crippen molar-refractivity contribution in [3.8, 4) is 5.75 Å². The molecule has 0 spiro atoms. The number of hydrogen-bond donors (Lipinski definition) is 2. The van der Waals surface area contributed by atoms with Crippen LogP contribution < -0.4 is 14.8 Å². The third-order valence-corrected chi connectivity index (χ3v) is 4.45. The first-order chi connectivity index (χ1) is 10.8. The number of aryl methyl sites for hydroxylation is 1. The normalized spacial score (nSPS) is 11.3. The number of ether oxygens (including phenoxy) is 1. The smallest absolute Gasteiger partial charge is 0.241 e. The molecule has 10 heteroatoms. The van der Waals surface area contributed by atoms with E-state index in [0.717, 1.165) is 0 Å². The molecule has 0 radical (unpaired) electrons. The Labute approximate surface area is 137 Å². The second kappa shape index (κ2) is 6.99. The molecule has 8 nitrogen and oxygen atoms in total. The molecule has 1 aromatic carbocycles. The van der Waals surface area contributed by atoms with E-state index in [1.54, 1.807) is 6.92 Å². The van der Waals surface area contributed by atoms with Gasteiger partial charge in [0.05, 0.1) is 23.6 Å². The summed E-state index contributed by atoms with van der Waals surface area (Å²) in [6, 6.07) is 5.50. The standard InChI is InChI=1S/C13H14ClN3O5S/c1-8-5-12(17-22-8)16-13(18)7-15-23(19,20)9-3-4-11(21-2)10(14)6-9/h3-6,15H,7H2,1-2H3,(H,16,17,18). The van der Waals surface area contributed by atoms with Crippen molar-refractivity contribution in [2.45, 2.75) is 11.8 Å². The van der Waals surface area contributed by atoms with E-state index in [1.165, 1.54) is 31.4 Å². The number of amides is 1. The molecule has 0 bridgehead atoms. The summed E-state index contributed by atoms with van der Waals surface area (Å²) in [4.78, 5) is 11.6. The SMILES string of the molecule is COc1ccc(S(=O)(=O)NCC(=O)Nc2cc(C)on2)cc1Cl. The van der Waals surface area contributed by atoms with Gasteiger partial charge in [-0.1, -0.05) is 16.8 Å². The van der Waals surface area contributed by atoms with E-state index in [4.69, 9.17) is 20.9 Å². The van der Waals surface area contributed by atoms with Gasteiger partial charge >= 0.3 is 0 Å². The lowest BCUT2D eigenvalue weighted by Crippen LogP contribution is -2.33. The van der Waals surface area contributed by atoms with Crippen molar-refractivity contribution in [1.29, 1.82) is 0 Å². The molecule has 124 valence electrons. The van der Waals surface area contributed by atoms with Gasteiger partial charge in [-0.2, -0.15) is 0 Å². The Morgan fingerprint density at radius 3 is 2.70 bits per heavy atom. The fourth-order valence-electron chi connectivity index (χ4n) is 1.67. The summed E-state index contributed by atoms with van der Waals surface area (Å²) < 4.78 is 36.1. The summed E-state index contributed by atoms with van der Waals surface area (Å²) in [5.74, 6) is 0.499. The van der Waals surface area contributed by atoms with Crippen LogP contribution in [0, 0.1) is 6.92 Å². The first-order valence-corrected chi connectivity index (χ1v) is 8.24. The summed E-state index contributed by atoms with van der Waals surface area (Å²) in [5, 5.41) is 6.12. The third-order valence-electron chi connectivity index (χ3n) is 2.75. The number of aromatic nitrogens is 1. The molecule has 2 aromatic rings. The average Bonchev–Trinajstić information content (AvgIpc) is 2.90. The number of methoxy groups -OCH3 is 1. The molecular formula is C13H14ClN3O5S. The molecule has 0 fully saturated rings. The molecule has 0 aliphatic carbocycles. The highest BCUT2D eigenvalue weighted by Crippen LogP contribution is 2.26. The summed E-state index contributed by atoms with van der Waals surface area (Å²) >= 11 is 5.89. The van der Waals surface area contributed by atoms with Gasteiger partial charge in [0.1, 0.15) is 11.5 Å². The molecule has 0 atom stereocenters. The molecule has 2 rings (SSSR count). The Balaban J connectivity index is 2.01. The first kappa shape index (κ1) is 17.3. The van der Waals surface area contributed by atoms with Crippen LogP contribution in [0.3, 0.4) is 0 Å². The number of carbonyl (C=O) groups is 1. The van der Waals surface area contributed by atoms with Crippen molar-refractivity contribution >= 4 is 33.3 Å². The van der Waals surface area contributed by atoms with E-state index in [-0.39, 0.29) is 15.7 Å². The Bertz CT molecular complexity index is 819. The van der Waals surface area contributed by atoms with Crippen molar-refractivity contribution in [1.82, 2.24) is 9.88 Å². The Morgan fingerprint density at radius 1 is 1.39 bits per heavy atom. The molecule has 23 heavy (non-hydrogen) atoms. The molecule has 1 heterocycles. The van der Waals surface area contributed by atoms with Gasteiger partial charge in [-0.15, -0.1) is 0 Å². The predicted octanol–water partition coefficient (Wildman–Crippen LogP) is 1.56. The van der Waals surface area contributed by atoms with Crippen LogP contribution in [0.5, 0.6) is 5.75 Å². The van der Waals surface area contributed by atoms with Crippen molar-refractivity contribution < 1.29 is 22.5 Å². The number of benzene rings is 1. The van der Waals surface area contributed by atoms with Crippen LogP contribution in [0.4, 0.5) is 5.82 Å². The van der Waals surface area contributed by atoms with Crippen LogP contribution in [0.1, 0.15) is 5.76 Å². The minimum atomic E-state index is -3.88. The molecule has 1 aromatic heterocycles. The van der Waals surface area contributed by atoms with Crippen LogP contribution >= 0.6 is 11.6 Å². The Morgan fingerprint density at radius 2 is 2.13 bits per heavy atom. The van der Waals surface area contributed by atoms with Crippen LogP contribution in [0.15, 0.2) is 33.7 Å². The highest BCUT2D eigenvalue weighted by atomic mass is 35.5. The summed E-state index contributed by atoms with van der Waals surface area (Å²) in [7, 11) is -2.46. The zero-order valence-electron chi connectivity index (χ0n) is 12.3. The van der Waals surface area contributed by atoms with Gasteiger partial charge in [0.15, 0.2) is 5.82 Å². The maximum absolute atomic E-state index is 12.1. The van der Waals surface area contributed by atoms with Crippen LogP contribution in [-0.2, 0) is 14.8 Å². The summed E-state index contributed by atoms with van der Waals surface area (Å²) in [6.07, 6.45) is 0. The summed E-state index contributed by atoms with van der Waals surface area (Å²) in [6.45, 7) is 1.21. The number of hydrogen-bond acceptors (Lipinski definition) is 6. The molecule has 0 aliphatic heterocycles. The minimum Gasteiger partial charge on any atom is -0.495 e. The molecule has 0 unspecified atom stereocenters. The number of anilines is 1. The highest BCUT2D eigenvalue weighted by Gasteiger charge is 2.17. The van der Waals surface area contributed by atoms with E-state index in [9.17, 15) is 13.2 Å². The summed E-state index contributed by atoms with van der Waals surface area (Å²) in [5.41, 5.74) is 0. The lowest BCUT2D eigenvalue weighted by Gasteiger charge is -2.08. The predicted molar refractivity (Wildman–Crippen MR) is 83.1 cm³/mol.